The number of halogens is 4. The molecule has 0 aliphatic rings. The fourth-order valence-electron chi connectivity index (χ4n) is 1.05. The molecular formula is C9H8ClF3O. The maximum atomic E-state index is 12.1. The molecule has 14 heavy (non-hydrogen) atoms. The van der Waals surface area contributed by atoms with Gasteiger partial charge in [0.2, 0.25) is 0 Å². The molecule has 0 saturated heterocycles. The van der Waals surface area contributed by atoms with E-state index in [2.05, 4.69) is 0 Å². The second-order valence-corrected chi connectivity index (χ2v) is 3.38. The molecule has 1 nitrogen and oxygen atoms in total. The Morgan fingerprint density at radius 3 is 2.43 bits per heavy atom. The van der Waals surface area contributed by atoms with E-state index in [1.165, 1.54) is 12.1 Å². The minimum absolute atomic E-state index is 0.0829. The van der Waals surface area contributed by atoms with Crippen LogP contribution in [-0.4, -0.2) is 11.3 Å². The molecule has 1 aromatic rings. The van der Waals surface area contributed by atoms with Crippen molar-refractivity contribution in [3.8, 4) is 0 Å². The molecule has 0 heterocycles. The van der Waals surface area contributed by atoms with E-state index in [0.717, 1.165) is 0 Å². The van der Waals surface area contributed by atoms with Gasteiger partial charge in [0.1, 0.15) is 0 Å². The number of aryl methyl sites for hydroxylation is 1. The summed E-state index contributed by atoms with van der Waals surface area (Å²) in [7, 11) is 0. The first-order chi connectivity index (χ1) is 6.32. The Morgan fingerprint density at radius 1 is 1.36 bits per heavy atom. The highest BCUT2D eigenvalue weighted by atomic mass is 35.5. The predicted octanol–water partition coefficient (Wildman–Crippen LogP) is 3.24. The zero-order valence-corrected chi connectivity index (χ0v) is 8.02. The highest BCUT2D eigenvalue weighted by molar-refractivity contribution is 6.31. The van der Waals surface area contributed by atoms with Crippen LogP contribution in [0.5, 0.6) is 0 Å². The number of hydrogen-bond acceptors (Lipinski definition) is 1. The normalized spacial score (nSPS) is 14.1. The van der Waals surface area contributed by atoms with Crippen molar-refractivity contribution >= 4 is 11.6 Å². The molecular weight excluding hydrogens is 217 g/mol. The summed E-state index contributed by atoms with van der Waals surface area (Å²) in [5, 5.41) is 8.87. The standard InChI is InChI=1S/C9H8ClF3O/c1-5-2-3-7(10)6(4-5)8(14)9(11,12)13/h2-4,8,14H,1H3/t8-/m0/s1. The van der Waals surface area contributed by atoms with Gasteiger partial charge in [0.05, 0.1) is 0 Å². The Morgan fingerprint density at radius 2 is 1.93 bits per heavy atom. The fraction of sp³-hybridized carbons (Fsp3) is 0.333. The summed E-state index contributed by atoms with van der Waals surface area (Å²) in [4.78, 5) is 0. The Labute approximate surface area is 84.1 Å². The maximum absolute atomic E-state index is 12.1. The molecule has 0 amide bonds. The van der Waals surface area contributed by atoms with Crippen LogP contribution in [0.3, 0.4) is 0 Å². The SMILES string of the molecule is Cc1ccc(Cl)c([C@H](O)C(F)(F)F)c1. The van der Waals surface area contributed by atoms with E-state index in [1.807, 2.05) is 0 Å². The molecule has 0 aliphatic heterocycles. The monoisotopic (exact) mass is 224 g/mol. The Balaban J connectivity index is 3.12. The van der Waals surface area contributed by atoms with Gasteiger partial charge in [-0.15, -0.1) is 0 Å². The number of aliphatic hydroxyl groups is 1. The molecule has 1 N–H and O–H groups in total. The van der Waals surface area contributed by atoms with E-state index in [9.17, 15) is 13.2 Å². The van der Waals surface area contributed by atoms with E-state index in [-0.39, 0.29) is 10.6 Å². The van der Waals surface area contributed by atoms with Crippen LogP contribution in [0.15, 0.2) is 18.2 Å². The first-order valence-electron chi connectivity index (χ1n) is 3.83. The summed E-state index contributed by atoms with van der Waals surface area (Å²) in [6.07, 6.45) is -7.20. The van der Waals surface area contributed by atoms with Crippen LogP contribution in [0.4, 0.5) is 13.2 Å². The van der Waals surface area contributed by atoms with Crippen molar-refractivity contribution in [1.29, 1.82) is 0 Å². The second-order valence-electron chi connectivity index (χ2n) is 2.97. The van der Waals surface area contributed by atoms with E-state index < -0.39 is 12.3 Å². The summed E-state index contributed by atoms with van der Waals surface area (Å²) < 4.78 is 36.4. The van der Waals surface area contributed by atoms with Gasteiger partial charge in [-0.2, -0.15) is 13.2 Å². The topological polar surface area (TPSA) is 20.2 Å². The molecule has 1 rings (SSSR count). The first kappa shape index (κ1) is 11.3. The van der Waals surface area contributed by atoms with E-state index in [0.29, 0.717) is 5.56 Å². The van der Waals surface area contributed by atoms with Crippen molar-refractivity contribution in [3.63, 3.8) is 0 Å². The van der Waals surface area contributed by atoms with Crippen molar-refractivity contribution in [2.45, 2.75) is 19.2 Å². The molecule has 0 aliphatic carbocycles. The van der Waals surface area contributed by atoms with Crippen LogP contribution in [0.2, 0.25) is 5.02 Å². The van der Waals surface area contributed by atoms with Crippen LogP contribution in [-0.2, 0) is 0 Å². The summed E-state index contributed by atoms with van der Waals surface area (Å²) in [5.74, 6) is 0. The number of aliphatic hydroxyl groups excluding tert-OH is 1. The van der Waals surface area contributed by atoms with Crippen LogP contribution in [0.1, 0.15) is 17.2 Å². The summed E-state index contributed by atoms with van der Waals surface area (Å²) in [5.41, 5.74) is 0.312. The molecule has 5 heteroatoms. The van der Waals surface area contributed by atoms with Crippen LogP contribution >= 0.6 is 11.6 Å². The van der Waals surface area contributed by atoms with Gasteiger partial charge >= 0.3 is 6.18 Å². The van der Waals surface area contributed by atoms with Gasteiger partial charge in [0, 0.05) is 10.6 Å². The van der Waals surface area contributed by atoms with Crippen LogP contribution < -0.4 is 0 Å². The number of hydrogen-bond donors (Lipinski definition) is 1. The third kappa shape index (κ3) is 2.39. The van der Waals surface area contributed by atoms with Gasteiger partial charge in [0.25, 0.3) is 0 Å². The van der Waals surface area contributed by atoms with Gasteiger partial charge in [-0.05, 0) is 13.0 Å². The van der Waals surface area contributed by atoms with Crippen molar-refractivity contribution in [3.05, 3.63) is 34.3 Å². The Hall–Kier alpha value is -0.740. The van der Waals surface area contributed by atoms with Gasteiger partial charge < -0.3 is 5.11 Å². The van der Waals surface area contributed by atoms with Crippen molar-refractivity contribution in [2.75, 3.05) is 0 Å². The Bertz CT molecular complexity index is 335. The Kier molecular flexibility index (Phi) is 3.07. The zero-order valence-electron chi connectivity index (χ0n) is 7.27. The molecule has 78 valence electrons. The lowest BCUT2D eigenvalue weighted by molar-refractivity contribution is -0.206. The maximum Gasteiger partial charge on any atom is 0.418 e. The number of alkyl halides is 3. The molecule has 0 saturated carbocycles. The molecule has 1 aromatic carbocycles. The van der Waals surface area contributed by atoms with Gasteiger partial charge in [-0.3, -0.25) is 0 Å². The summed E-state index contributed by atoms with van der Waals surface area (Å²) in [6.45, 7) is 1.63. The summed E-state index contributed by atoms with van der Waals surface area (Å²) >= 11 is 5.54. The second kappa shape index (κ2) is 3.79. The average molecular weight is 225 g/mol. The molecule has 0 unspecified atom stereocenters. The van der Waals surface area contributed by atoms with Crippen molar-refractivity contribution in [1.82, 2.24) is 0 Å². The quantitative estimate of drug-likeness (QED) is 0.777. The lowest BCUT2D eigenvalue weighted by Crippen LogP contribution is -2.20. The molecule has 0 radical (unpaired) electrons. The minimum Gasteiger partial charge on any atom is -0.379 e. The molecule has 0 aromatic heterocycles. The van der Waals surface area contributed by atoms with E-state index in [4.69, 9.17) is 16.7 Å². The molecule has 0 fully saturated rings. The molecule has 1 atom stereocenters. The van der Waals surface area contributed by atoms with E-state index in [1.54, 1.807) is 13.0 Å². The van der Waals surface area contributed by atoms with Gasteiger partial charge in [-0.25, -0.2) is 0 Å². The lowest BCUT2D eigenvalue weighted by atomic mass is 10.1. The first-order valence-corrected chi connectivity index (χ1v) is 4.21. The van der Waals surface area contributed by atoms with Crippen LogP contribution in [0.25, 0.3) is 0 Å². The van der Waals surface area contributed by atoms with Crippen molar-refractivity contribution in [2.24, 2.45) is 0 Å². The van der Waals surface area contributed by atoms with Gasteiger partial charge in [-0.1, -0.05) is 29.3 Å². The minimum atomic E-state index is -4.68. The largest absolute Gasteiger partial charge is 0.418 e. The third-order valence-corrected chi connectivity index (χ3v) is 2.10. The van der Waals surface area contributed by atoms with Crippen LogP contribution in [0, 0.1) is 6.92 Å². The summed E-state index contributed by atoms with van der Waals surface area (Å²) in [6, 6.07) is 4.14. The zero-order chi connectivity index (χ0) is 10.9. The highest BCUT2D eigenvalue weighted by Gasteiger charge is 2.40. The third-order valence-electron chi connectivity index (χ3n) is 1.76. The highest BCUT2D eigenvalue weighted by Crippen LogP contribution is 2.36. The lowest BCUT2D eigenvalue weighted by Gasteiger charge is -2.16. The fourth-order valence-corrected chi connectivity index (χ4v) is 1.27. The number of benzene rings is 1. The van der Waals surface area contributed by atoms with Gasteiger partial charge in [0.15, 0.2) is 6.10 Å². The average Bonchev–Trinajstić information content (AvgIpc) is 2.06. The number of rotatable bonds is 1. The molecule has 0 spiro atoms. The smallest absolute Gasteiger partial charge is 0.379 e. The molecule has 0 bridgehead atoms. The van der Waals surface area contributed by atoms with Crippen molar-refractivity contribution < 1.29 is 18.3 Å². The van der Waals surface area contributed by atoms with E-state index >= 15 is 0 Å². The predicted molar refractivity (Wildman–Crippen MR) is 47.2 cm³/mol.